The molecule has 0 radical (unpaired) electrons. The van der Waals surface area contributed by atoms with Gasteiger partial charge in [0.15, 0.2) is 5.78 Å². The van der Waals surface area contributed by atoms with Crippen LogP contribution in [0.25, 0.3) is 0 Å². The third-order valence-corrected chi connectivity index (χ3v) is 3.82. The molecule has 122 valence electrons. The number of aliphatic imine (C=N–C) groups is 2. The van der Waals surface area contributed by atoms with Crippen LogP contribution in [0.1, 0.15) is 16.8 Å². The highest BCUT2D eigenvalue weighted by molar-refractivity contribution is 6.28. The standard InChI is InChI=1S/C16H21N5O2/c1-9-12(6-19-11(3)14(9)23-5)7-21-8-13(22)10(2)15(21)20-16(17)18-4/h6H,2,7-8H2,1,3-5H3,(H2,17,18). The normalized spacial score (nSPS) is 17.3. The van der Waals surface area contributed by atoms with E-state index in [-0.39, 0.29) is 18.3 Å². The Morgan fingerprint density at radius 3 is 2.83 bits per heavy atom. The number of ketones is 1. The van der Waals surface area contributed by atoms with Gasteiger partial charge in [-0.15, -0.1) is 0 Å². The number of hydrogen-bond donors (Lipinski definition) is 1. The number of pyridine rings is 1. The van der Waals surface area contributed by atoms with Crippen LogP contribution in [0.4, 0.5) is 0 Å². The van der Waals surface area contributed by atoms with Gasteiger partial charge in [-0.25, -0.2) is 0 Å². The molecular formula is C16H21N5O2. The lowest BCUT2D eigenvalue weighted by molar-refractivity contribution is -0.114. The molecule has 0 atom stereocenters. The maximum atomic E-state index is 12.0. The van der Waals surface area contributed by atoms with Gasteiger partial charge in [-0.05, 0) is 25.0 Å². The van der Waals surface area contributed by atoms with Gasteiger partial charge in [0.25, 0.3) is 0 Å². The summed E-state index contributed by atoms with van der Waals surface area (Å²) in [6, 6.07) is 0. The van der Waals surface area contributed by atoms with Crippen molar-refractivity contribution in [3.63, 3.8) is 0 Å². The van der Waals surface area contributed by atoms with Gasteiger partial charge in [0.05, 0.1) is 24.9 Å². The summed E-state index contributed by atoms with van der Waals surface area (Å²) in [5.41, 5.74) is 8.78. The lowest BCUT2D eigenvalue weighted by atomic mass is 10.1. The summed E-state index contributed by atoms with van der Waals surface area (Å²) in [5, 5.41) is 0. The predicted molar refractivity (Wildman–Crippen MR) is 89.8 cm³/mol. The van der Waals surface area contributed by atoms with Crippen LogP contribution in [0.2, 0.25) is 0 Å². The van der Waals surface area contributed by atoms with E-state index in [4.69, 9.17) is 10.5 Å². The Morgan fingerprint density at radius 1 is 1.52 bits per heavy atom. The Morgan fingerprint density at radius 2 is 2.22 bits per heavy atom. The van der Waals surface area contributed by atoms with Gasteiger partial charge in [-0.3, -0.25) is 14.8 Å². The molecule has 23 heavy (non-hydrogen) atoms. The van der Waals surface area contributed by atoms with Crippen molar-refractivity contribution in [1.82, 2.24) is 9.88 Å². The minimum atomic E-state index is -0.0719. The molecule has 0 saturated carbocycles. The lowest BCUT2D eigenvalue weighted by Crippen LogP contribution is -2.28. The molecule has 1 aliphatic heterocycles. The number of carbonyl (C=O) groups is 1. The van der Waals surface area contributed by atoms with Crippen molar-refractivity contribution in [3.05, 3.63) is 35.2 Å². The van der Waals surface area contributed by atoms with E-state index < -0.39 is 0 Å². The van der Waals surface area contributed by atoms with Crippen LogP contribution in [0.15, 0.2) is 28.3 Å². The molecule has 1 aromatic rings. The number of guanidine groups is 1. The summed E-state index contributed by atoms with van der Waals surface area (Å²) in [6.45, 7) is 8.33. The summed E-state index contributed by atoms with van der Waals surface area (Å²) >= 11 is 0. The monoisotopic (exact) mass is 315 g/mol. The molecule has 2 heterocycles. The molecule has 1 fully saturated rings. The fraction of sp³-hybridized carbons (Fsp3) is 0.375. The SMILES string of the molecule is C=C1C(=O)CN(Cc2cnc(C)c(OC)c2C)C1=NC(N)=NC. The van der Waals surface area contributed by atoms with Crippen LogP contribution < -0.4 is 10.5 Å². The van der Waals surface area contributed by atoms with Crippen molar-refractivity contribution in [2.75, 3.05) is 20.7 Å². The zero-order valence-electron chi connectivity index (χ0n) is 13.9. The second kappa shape index (κ2) is 6.60. The molecule has 0 unspecified atom stereocenters. The Kier molecular flexibility index (Phi) is 4.78. The first kappa shape index (κ1) is 16.7. The first-order valence-corrected chi connectivity index (χ1v) is 7.16. The number of nitrogens with two attached hydrogens (primary N) is 1. The van der Waals surface area contributed by atoms with Gasteiger partial charge < -0.3 is 15.4 Å². The van der Waals surface area contributed by atoms with Crippen molar-refractivity contribution in [1.29, 1.82) is 0 Å². The van der Waals surface area contributed by atoms with Gasteiger partial charge >= 0.3 is 0 Å². The van der Waals surface area contributed by atoms with Crippen LogP contribution in [0.5, 0.6) is 5.75 Å². The number of aryl methyl sites for hydroxylation is 1. The van der Waals surface area contributed by atoms with Crippen LogP contribution in [0, 0.1) is 13.8 Å². The third kappa shape index (κ3) is 3.23. The molecule has 7 heteroatoms. The van der Waals surface area contributed by atoms with E-state index in [9.17, 15) is 4.79 Å². The fourth-order valence-electron chi connectivity index (χ4n) is 2.50. The van der Waals surface area contributed by atoms with E-state index in [1.54, 1.807) is 20.4 Å². The van der Waals surface area contributed by atoms with E-state index in [1.165, 1.54) is 0 Å². The second-order valence-corrected chi connectivity index (χ2v) is 5.30. The number of methoxy groups -OCH3 is 1. The van der Waals surface area contributed by atoms with Crippen LogP contribution in [0.3, 0.4) is 0 Å². The van der Waals surface area contributed by atoms with Crippen molar-refractivity contribution in [2.45, 2.75) is 20.4 Å². The summed E-state index contributed by atoms with van der Waals surface area (Å²) < 4.78 is 5.40. The molecular weight excluding hydrogens is 294 g/mol. The van der Waals surface area contributed by atoms with Gasteiger partial charge in [0.1, 0.15) is 11.6 Å². The highest BCUT2D eigenvalue weighted by Crippen LogP contribution is 2.26. The number of Topliss-reactive ketones (excluding diaryl/α,β-unsaturated/α-hetero) is 1. The van der Waals surface area contributed by atoms with Gasteiger partial charge in [-0.2, -0.15) is 4.99 Å². The Hall–Kier alpha value is -2.70. The van der Waals surface area contributed by atoms with Crippen molar-refractivity contribution < 1.29 is 9.53 Å². The molecule has 1 saturated heterocycles. The number of aromatic nitrogens is 1. The number of carbonyl (C=O) groups excluding carboxylic acids is 1. The molecule has 7 nitrogen and oxygen atoms in total. The van der Waals surface area contributed by atoms with Crippen molar-refractivity contribution >= 4 is 17.6 Å². The Labute approximate surface area is 135 Å². The van der Waals surface area contributed by atoms with E-state index in [0.29, 0.717) is 18.0 Å². The van der Waals surface area contributed by atoms with Crippen LogP contribution in [-0.4, -0.2) is 48.2 Å². The molecule has 0 amide bonds. The smallest absolute Gasteiger partial charge is 0.217 e. The van der Waals surface area contributed by atoms with Crippen molar-refractivity contribution in [2.24, 2.45) is 15.7 Å². The molecule has 1 aromatic heterocycles. The molecule has 2 rings (SSSR count). The minimum Gasteiger partial charge on any atom is -0.495 e. The van der Waals surface area contributed by atoms with Crippen LogP contribution >= 0.6 is 0 Å². The largest absolute Gasteiger partial charge is 0.495 e. The quantitative estimate of drug-likeness (QED) is 0.510. The maximum absolute atomic E-state index is 12.0. The van der Waals surface area contributed by atoms with Crippen LogP contribution in [-0.2, 0) is 11.3 Å². The average Bonchev–Trinajstić information content (AvgIpc) is 2.78. The first-order valence-electron chi connectivity index (χ1n) is 7.16. The summed E-state index contributed by atoms with van der Waals surface area (Å²) in [6.07, 6.45) is 1.79. The minimum absolute atomic E-state index is 0.0719. The van der Waals surface area contributed by atoms with E-state index >= 15 is 0 Å². The third-order valence-electron chi connectivity index (χ3n) is 3.82. The lowest BCUT2D eigenvalue weighted by Gasteiger charge is -2.20. The average molecular weight is 315 g/mol. The van der Waals surface area contributed by atoms with Crippen molar-refractivity contribution in [3.8, 4) is 5.75 Å². The molecule has 0 aromatic carbocycles. The number of amidine groups is 1. The zero-order valence-corrected chi connectivity index (χ0v) is 13.9. The summed E-state index contributed by atoms with van der Waals surface area (Å²) in [7, 11) is 3.16. The van der Waals surface area contributed by atoms with Gasteiger partial charge in [0.2, 0.25) is 5.96 Å². The fourth-order valence-corrected chi connectivity index (χ4v) is 2.50. The molecule has 0 aliphatic carbocycles. The second-order valence-electron chi connectivity index (χ2n) is 5.30. The first-order chi connectivity index (χ1) is 10.9. The Bertz CT molecular complexity index is 721. The summed E-state index contributed by atoms with van der Waals surface area (Å²) in [4.78, 5) is 26.1. The number of likely N-dealkylation sites (tertiary alicyclic amines) is 1. The zero-order chi connectivity index (χ0) is 17.1. The predicted octanol–water partition coefficient (Wildman–Crippen LogP) is 0.991. The number of rotatable bonds is 3. The van der Waals surface area contributed by atoms with Gasteiger partial charge in [0, 0.05) is 19.8 Å². The molecule has 0 spiro atoms. The molecule has 1 aliphatic rings. The highest BCUT2D eigenvalue weighted by Gasteiger charge is 2.31. The van der Waals surface area contributed by atoms with E-state index in [0.717, 1.165) is 22.6 Å². The molecule has 2 N–H and O–H groups in total. The summed E-state index contributed by atoms with van der Waals surface area (Å²) in [5.74, 6) is 1.24. The van der Waals surface area contributed by atoms with Gasteiger partial charge in [-0.1, -0.05) is 6.58 Å². The number of nitrogens with zero attached hydrogens (tertiary/aromatic N) is 4. The van der Waals surface area contributed by atoms with E-state index in [1.807, 2.05) is 18.7 Å². The number of ether oxygens (including phenoxy) is 1. The van der Waals surface area contributed by atoms with E-state index in [2.05, 4.69) is 21.5 Å². The topological polar surface area (TPSA) is 93.2 Å². The highest BCUT2D eigenvalue weighted by atomic mass is 16.5. The maximum Gasteiger partial charge on any atom is 0.217 e. The number of hydrogen-bond acceptors (Lipinski definition) is 4. The molecule has 0 bridgehead atoms. The Balaban J connectivity index is 2.37.